The molecule has 0 saturated carbocycles. The summed E-state index contributed by atoms with van der Waals surface area (Å²) >= 11 is 1.47. The Kier molecular flexibility index (Phi) is 3.36. The molecular weight excluding hydrogens is 304 g/mol. The monoisotopic (exact) mass is 318 g/mol. The van der Waals surface area contributed by atoms with Crippen LogP contribution in [-0.4, -0.2) is 13.1 Å². The van der Waals surface area contributed by atoms with Gasteiger partial charge in [-0.2, -0.15) is 0 Å². The van der Waals surface area contributed by atoms with Gasteiger partial charge in [-0.1, -0.05) is 54.6 Å². The first-order valence-electron chi connectivity index (χ1n) is 7.37. The normalized spacial score (nSPS) is 11.0. The van der Waals surface area contributed by atoms with Gasteiger partial charge in [0.05, 0.1) is 7.11 Å². The van der Waals surface area contributed by atoms with Gasteiger partial charge in [-0.05, 0) is 34.0 Å². The van der Waals surface area contributed by atoms with Gasteiger partial charge in [-0.3, -0.25) is 0 Å². The minimum absolute atomic E-state index is 0.282. The van der Waals surface area contributed by atoms with Crippen molar-refractivity contribution in [3.8, 4) is 11.1 Å². The Hall–Kier alpha value is -2.65. The van der Waals surface area contributed by atoms with Crippen LogP contribution >= 0.6 is 11.3 Å². The highest BCUT2D eigenvalue weighted by atomic mass is 32.1. The SMILES string of the molecule is COC(=O)c1cc2c(-c3cccc4ccccc34)cccc2s1. The van der Waals surface area contributed by atoms with Crippen LogP contribution in [0.2, 0.25) is 0 Å². The first-order valence-corrected chi connectivity index (χ1v) is 8.18. The molecule has 0 bridgehead atoms. The van der Waals surface area contributed by atoms with Crippen LogP contribution < -0.4 is 0 Å². The van der Waals surface area contributed by atoms with E-state index in [2.05, 4.69) is 42.5 Å². The summed E-state index contributed by atoms with van der Waals surface area (Å²) in [5.74, 6) is -0.282. The van der Waals surface area contributed by atoms with Crippen LogP contribution in [0.5, 0.6) is 0 Å². The number of hydrogen-bond donors (Lipinski definition) is 0. The van der Waals surface area contributed by atoms with Crippen molar-refractivity contribution in [2.24, 2.45) is 0 Å². The van der Waals surface area contributed by atoms with Crippen molar-refractivity contribution in [2.45, 2.75) is 0 Å². The van der Waals surface area contributed by atoms with E-state index in [9.17, 15) is 4.79 Å². The maximum atomic E-state index is 11.8. The highest BCUT2D eigenvalue weighted by molar-refractivity contribution is 7.20. The Bertz CT molecular complexity index is 1020. The van der Waals surface area contributed by atoms with E-state index in [-0.39, 0.29) is 5.97 Å². The van der Waals surface area contributed by atoms with Crippen LogP contribution in [0.3, 0.4) is 0 Å². The van der Waals surface area contributed by atoms with E-state index in [4.69, 9.17) is 4.74 Å². The molecular formula is C20H14O2S. The Balaban J connectivity index is 2.01. The number of methoxy groups -OCH3 is 1. The molecule has 0 aliphatic carbocycles. The minimum Gasteiger partial charge on any atom is -0.465 e. The Morgan fingerprint density at radius 1 is 0.870 bits per heavy atom. The Labute approximate surface area is 137 Å². The summed E-state index contributed by atoms with van der Waals surface area (Å²) in [5, 5.41) is 3.52. The average molecular weight is 318 g/mol. The zero-order chi connectivity index (χ0) is 15.8. The number of fused-ring (bicyclic) bond motifs is 2. The minimum atomic E-state index is -0.282. The van der Waals surface area contributed by atoms with E-state index in [1.807, 2.05) is 24.3 Å². The topological polar surface area (TPSA) is 26.3 Å². The lowest BCUT2D eigenvalue weighted by Crippen LogP contribution is -1.96. The summed E-state index contributed by atoms with van der Waals surface area (Å²) in [5.41, 5.74) is 2.33. The third-order valence-electron chi connectivity index (χ3n) is 4.03. The van der Waals surface area contributed by atoms with E-state index in [0.29, 0.717) is 4.88 Å². The number of carbonyl (C=O) groups is 1. The molecule has 1 heterocycles. The number of thiophene rings is 1. The molecule has 23 heavy (non-hydrogen) atoms. The summed E-state index contributed by atoms with van der Waals surface area (Å²) in [7, 11) is 1.42. The molecule has 4 aromatic rings. The summed E-state index contributed by atoms with van der Waals surface area (Å²) in [6.45, 7) is 0. The molecule has 0 unspecified atom stereocenters. The largest absolute Gasteiger partial charge is 0.465 e. The second kappa shape index (κ2) is 5.52. The molecule has 4 rings (SSSR count). The third kappa shape index (κ3) is 2.30. The summed E-state index contributed by atoms with van der Waals surface area (Å²) in [4.78, 5) is 12.5. The summed E-state index contributed by atoms with van der Waals surface area (Å²) < 4.78 is 5.95. The maximum Gasteiger partial charge on any atom is 0.348 e. The van der Waals surface area contributed by atoms with Crippen LogP contribution in [0.1, 0.15) is 9.67 Å². The summed E-state index contributed by atoms with van der Waals surface area (Å²) in [6.07, 6.45) is 0. The lowest BCUT2D eigenvalue weighted by Gasteiger charge is -2.08. The number of benzene rings is 3. The Morgan fingerprint density at radius 2 is 1.57 bits per heavy atom. The molecule has 112 valence electrons. The van der Waals surface area contributed by atoms with Gasteiger partial charge in [0.15, 0.2) is 0 Å². The highest BCUT2D eigenvalue weighted by Gasteiger charge is 2.14. The number of ether oxygens (including phenoxy) is 1. The van der Waals surface area contributed by atoms with Crippen molar-refractivity contribution in [3.63, 3.8) is 0 Å². The fraction of sp³-hybridized carbons (Fsp3) is 0.0500. The molecule has 3 heteroatoms. The average Bonchev–Trinajstić information content (AvgIpc) is 3.05. The van der Waals surface area contributed by atoms with Gasteiger partial charge in [0.2, 0.25) is 0 Å². The zero-order valence-electron chi connectivity index (χ0n) is 12.6. The van der Waals surface area contributed by atoms with Gasteiger partial charge in [0.1, 0.15) is 4.88 Å². The molecule has 0 saturated heterocycles. The van der Waals surface area contributed by atoms with Crippen molar-refractivity contribution in [2.75, 3.05) is 7.11 Å². The molecule has 0 aliphatic rings. The standard InChI is InChI=1S/C20H14O2S/c1-22-20(21)19-12-17-16(10-5-11-18(17)23-19)15-9-4-7-13-6-2-3-8-14(13)15/h2-12H,1H3. The van der Waals surface area contributed by atoms with Crippen molar-refractivity contribution < 1.29 is 9.53 Å². The first-order chi connectivity index (χ1) is 11.3. The van der Waals surface area contributed by atoms with E-state index in [0.717, 1.165) is 15.6 Å². The fourth-order valence-electron chi connectivity index (χ4n) is 2.96. The highest BCUT2D eigenvalue weighted by Crippen LogP contribution is 2.37. The second-order valence-corrected chi connectivity index (χ2v) is 6.43. The van der Waals surface area contributed by atoms with Crippen LogP contribution in [0, 0.1) is 0 Å². The number of hydrogen-bond acceptors (Lipinski definition) is 3. The molecule has 0 radical (unpaired) electrons. The van der Waals surface area contributed by atoms with Gasteiger partial charge < -0.3 is 4.74 Å². The van der Waals surface area contributed by atoms with Crippen LogP contribution in [-0.2, 0) is 4.74 Å². The second-order valence-electron chi connectivity index (χ2n) is 5.35. The number of carbonyl (C=O) groups excluding carboxylic acids is 1. The van der Waals surface area contributed by atoms with E-state index in [1.54, 1.807) is 0 Å². The zero-order valence-corrected chi connectivity index (χ0v) is 13.4. The van der Waals surface area contributed by atoms with Gasteiger partial charge in [-0.15, -0.1) is 11.3 Å². The van der Waals surface area contributed by atoms with Crippen molar-refractivity contribution in [1.29, 1.82) is 0 Å². The van der Waals surface area contributed by atoms with Crippen molar-refractivity contribution in [3.05, 3.63) is 71.6 Å². The quantitative estimate of drug-likeness (QED) is 0.456. The molecule has 0 spiro atoms. The first kappa shape index (κ1) is 14.0. The van der Waals surface area contributed by atoms with Crippen LogP contribution in [0.15, 0.2) is 66.7 Å². The molecule has 0 aliphatic heterocycles. The molecule has 2 nitrogen and oxygen atoms in total. The molecule has 1 aromatic heterocycles. The van der Waals surface area contributed by atoms with E-state index < -0.39 is 0 Å². The predicted octanol–water partition coefficient (Wildman–Crippen LogP) is 5.51. The third-order valence-corrected chi connectivity index (χ3v) is 5.11. The lowest BCUT2D eigenvalue weighted by atomic mass is 9.96. The molecule has 0 atom stereocenters. The number of rotatable bonds is 2. The molecule has 0 fully saturated rings. The van der Waals surface area contributed by atoms with Gasteiger partial charge in [0, 0.05) is 10.1 Å². The van der Waals surface area contributed by atoms with Gasteiger partial charge >= 0.3 is 5.97 Å². The van der Waals surface area contributed by atoms with E-state index in [1.165, 1.54) is 34.8 Å². The smallest absolute Gasteiger partial charge is 0.348 e. The fourth-order valence-corrected chi connectivity index (χ4v) is 3.96. The van der Waals surface area contributed by atoms with Crippen molar-refractivity contribution >= 4 is 38.2 Å². The van der Waals surface area contributed by atoms with E-state index >= 15 is 0 Å². The lowest BCUT2D eigenvalue weighted by molar-refractivity contribution is 0.0606. The molecule has 3 aromatic carbocycles. The molecule has 0 N–H and O–H groups in total. The van der Waals surface area contributed by atoms with Crippen LogP contribution in [0.25, 0.3) is 32.0 Å². The molecule has 0 amide bonds. The van der Waals surface area contributed by atoms with Crippen LogP contribution in [0.4, 0.5) is 0 Å². The van der Waals surface area contributed by atoms with Gasteiger partial charge in [-0.25, -0.2) is 4.79 Å². The Morgan fingerprint density at radius 3 is 2.39 bits per heavy atom. The van der Waals surface area contributed by atoms with Crippen molar-refractivity contribution in [1.82, 2.24) is 0 Å². The predicted molar refractivity (Wildman–Crippen MR) is 96.1 cm³/mol. The summed E-state index contributed by atoms with van der Waals surface area (Å²) in [6, 6.07) is 22.8. The van der Waals surface area contributed by atoms with Gasteiger partial charge in [0.25, 0.3) is 0 Å². The number of esters is 1. The maximum absolute atomic E-state index is 11.8.